The molecule has 1 N–H and O–H groups in total. The average Bonchev–Trinajstić information content (AvgIpc) is 3.12. The minimum absolute atomic E-state index is 0.0371. The van der Waals surface area contributed by atoms with Gasteiger partial charge < -0.3 is 14.4 Å². The Labute approximate surface area is 198 Å². The standard InChI is InChI=1S/C22H19Cl2N3O4S/c1-3-27-16-8-13(4-6-18(16)31-11-20(27)29)21-12(2)32-22(26-21)25-19(28)10-30-17-7-5-14(23)9-15(17)24/h4-9H,3,10-11H2,1-2H3,(H,25,26,28). The van der Waals surface area contributed by atoms with E-state index in [-0.39, 0.29) is 25.0 Å². The number of likely N-dealkylation sites (N-methyl/N-ethyl adjacent to an activating group) is 1. The van der Waals surface area contributed by atoms with Crippen molar-refractivity contribution in [2.45, 2.75) is 13.8 Å². The number of anilines is 2. The van der Waals surface area contributed by atoms with E-state index in [1.54, 1.807) is 23.1 Å². The van der Waals surface area contributed by atoms with Crippen LogP contribution in [0.4, 0.5) is 10.8 Å². The first kappa shape index (κ1) is 22.4. The minimum atomic E-state index is -0.363. The monoisotopic (exact) mass is 491 g/mol. The van der Waals surface area contributed by atoms with Gasteiger partial charge in [-0.2, -0.15) is 0 Å². The number of benzene rings is 2. The van der Waals surface area contributed by atoms with Crippen molar-refractivity contribution in [3.63, 3.8) is 0 Å². The second kappa shape index (κ2) is 9.36. The first-order chi connectivity index (χ1) is 15.4. The summed E-state index contributed by atoms with van der Waals surface area (Å²) < 4.78 is 11.0. The van der Waals surface area contributed by atoms with Crippen LogP contribution in [0.3, 0.4) is 0 Å². The van der Waals surface area contributed by atoms with Crippen LogP contribution in [-0.4, -0.2) is 36.6 Å². The summed E-state index contributed by atoms with van der Waals surface area (Å²) in [5.41, 5.74) is 2.27. The lowest BCUT2D eigenvalue weighted by molar-refractivity contribution is -0.121. The van der Waals surface area contributed by atoms with E-state index in [1.165, 1.54) is 11.3 Å². The van der Waals surface area contributed by atoms with E-state index in [9.17, 15) is 9.59 Å². The number of amides is 2. The van der Waals surface area contributed by atoms with Gasteiger partial charge in [-0.3, -0.25) is 14.9 Å². The Hall–Kier alpha value is -2.81. The summed E-state index contributed by atoms with van der Waals surface area (Å²) >= 11 is 13.3. The van der Waals surface area contributed by atoms with Gasteiger partial charge in [-0.15, -0.1) is 11.3 Å². The molecular weight excluding hydrogens is 473 g/mol. The van der Waals surface area contributed by atoms with E-state index in [0.29, 0.717) is 38.9 Å². The van der Waals surface area contributed by atoms with Crippen molar-refractivity contribution in [1.29, 1.82) is 0 Å². The number of nitrogens with zero attached hydrogens (tertiary/aromatic N) is 2. The van der Waals surface area contributed by atoms with Gasteiger partial charge in [0.2, 0.25) is 0 Å². The van der Waals surface area contributed by atoms with E-state index >= 15 is 0 Å². The highest BCUT2D eigenvalue weighted by atomic mass is 35.5. The topological polar surface area (TPSA) is 80.8 Å². The third kappa shape index (κ3) is 4.67. The third-order valence-electron chi connectivity index (χ3n) is 4.79. The van der Waals surface area contributed by atoms with Crippen molar-refractivity contribution in [2.75, 3.05) is 30.0 Å². The van der Waals surface area contributed by atoms with Crippen LogP contribution in [0.15, 0.2) is 36.4 Å². The van der Waals surface area contributed by atoms with E-state index in [4.69, 9.17) is 32.7 Å². The summed E-state index contributed by atoms with van der Waals surface area (Å²) in [6.07, 6.45) is 0. The lowest BCUT2D eigenvalue weighted by Gasteiger charge is -2.28. The molecule has 1 aliphatic rings. The van der Waals surface area contributed by atoms with Gasteiger partial charge in [0, 0.05) is 22.0 Å². The molecule has 2 aromatic carbocycles. The number of fused-ring (bicyclic) bond motifs is 1. The van der Waals surface area contributed by atoms with Crippen molar-refractivity contribution in [3.05, 3.63) is 51.3 Å². The van der Waals surface area contributed by atoms with Gasteiger partial charge in [0.15, 0.2) is 18.3 Å². The normalized spacial score (nSPS) is 12.9. The number of hydrogen-bond donors (Lipinski definition) is 1. The molecule has 0 saturated carbocycles. The predicted molar refractivity (Wildman–Crippen MR) is 126 cm³/mol. The second-order valence-electron chi connectivity index (χ2n) is 6.94. The Kier molecular flexibility index (Phi) is 6.55. The summed E-state index contributed by atoms with van der Waals surface area (Å²) in [6.45, 7) is 4.20. The van der Waals surface area contributed by atoms with Gasteiger partial charge in [0.05, 0.1) is 16.4 Å². The van der Waals surface area contributed by atoms with Gasteiger partial charge in [-0.1, -0.05) is 23.2 Å². The summed E-state index contributed by atoms with van der Waals surface area (Å²) in [5, 5.41) is 4.01. The molecule has 10 heteroatoms. The molecule has 1 aromatic heterocycles. The summed E-state index contributed by atoms with van der Waals surface area (Å²) in [4.78, 5) is 31.7. The molecule has 0 aliphatic carbocycles. The number of ether oxygens (including phenoxy) is 2. The Morgan fingerprint density at radius 1 is 1.28 bits per heavy atom. The maximum atomic E-state index is 12.3. The number of carbonyl (C=O) groups excluding carboxylic acids is 2. The SMILES string of the molecule is CCN1C(=O)COc2ccc(-c3nc(NC(=O)COc4ccc(Cl)cc4Cl)sc3C)cc21. The summed E-state index contributed by atoms with van der Waals surface area (Å²) in [5.74, 6) is 0.585. The van der Waals surface area contributed by atoms with Crippen LogP contribution in [0.25, 0.3) is 11.3 Å². The largest absolute Gasteiger partial charge is 0.482 e. The van der Waals surface area contributed by atoms with Crippen LogP contribution < -0.4 is 19.7 Å². The molecule has 3 aromatic rings. The first-order valence-corrected chi connectivity index (χ1v) is 11.4. The number of carbonyl (C=O) groups is 2. The number of rotatable bonds is 6. The molecule has 2 amide bonds. The molecule has 7 nitrogen and oxygen atoms in total. The molecule has 0 spiro atoms. The van der Waals surface area contributed by atoms with Crippen LogP contribution in [0.2, 0.25) is 10.0 Å². The van der Waals surface area contributed by atoms with Gasteiger partial charge in [0.25, 0.3) is 11.8 Å². The van der Waals surface area contributed by atoms with Crippen LogP contribution in [0, 0.1) is 6.92 Å². The molecular formula is C22H19Cl2N3O4S. The molecule has 2 heterocycles. The molecule has 4 rings (SSSR count). The molecule has 0 saturated heterocycles. The van der Waals surface area contributed by atoms with Crippen LogP contribution in [0.5, 0.6) is 11.5 Å². The van der Waals surface area contributed by atoms with Crippen molar-refractivity contribution >= 4 is 57.2 Å². The Bertz CT molecular complexity index is 1200. The van der Waals surface area contributed by atoms with Gasteiger partial charge in [-0.05, 0) is 50.2 Å². The third-order valence-corrected chi connectivity index (χ3v) is 6.20. The predicted octanol–water partition coefficient (Wildman–Crippen LogP) is 5.19. The lowest BCUT2D eigenvalue weighted by Crippen LogP contribution is -2.38. The highest BCUT2D eigenvalue weighted by molar-refractivity contribution is 7.16. The fourth-order valence-corrected chi connectivity index (χ4v) is 4.62. The zero-order valence-electron chi connectivity index (χ0n) is 17.3. The van der Waals surface area contributed by atoms with E-state index in [0.717, 1.165) is 16.1 Å². The van der Waals surface area contributed by atoms with Gasteiger partial charge in [-0.25, -0.2) is 4.98 Å². The maximum absolute atomic E-state index is 12.3. The molecule has 166 valence electrons. The Balaban J connectivity index is 1.48. The van der Waals surface area contributed by atoms with Crippen LogP contribution in [-0.2, 0) is 9.59 Å². The number of thiazole rings is 1. The Morgan fingerprint density at radius 2 is 2.09 bits per heavy atom. The molecule has 0 radical (unpaired) electrons. The molecule has 1 aliphatic heterocycles. The molecule has 0 fully saturated rings. The zero-order chi connectivity index (χ0) is 22.8. The molecule has 0 unspecified atom stereocenters. The van der Waals surface area contributed by atoms with E-state index in [2.05, 4.69) is 10.3 Å². The number of hydrogen-bond acceptors (Lipinski definition) is 6. The van der Waals surface area contributed by atoms with Crippen molar-refractivity contribution in [3.8, 4) is 22.8 Å². The van der Waals surface area contributed by atoms with Crippen molar-refractivity contribution in [2.24, 2.45) is 0 Å². The molecule has 0 atom stereocenters. The fraction of sp³-hybridized carbons (Fsp3) is 0.227. The first-order valence-electron chi connectivity index (χ1n) is 9.78. The van der Waals surface area contributed by atoms with Crippen molar-refractivity contribution in [1.82, 2.24) is 4.98 Å². The lowest BCUT2D eigenvalue weighted by atomic mass is 10.1. The summed E-state index contributed by atoms with van der Waals surface area (Å²) in [7, 11) is 0. The minimum Gasteiger partial charge on any atom is -0.482 e. The van der Waals surface area contributed by atoms with Crippen LogP contribution >= 0.6 is 34.5 Å². The smallest absolute Gasteiger partial charge is 0.265 e. The number of aromatic nitrogens is 1. The van der Waals surface area contributed by atoms with E-state index < -0.39 is 0 Å². The van der Waals surface area contributed by atoms with E-state index in [1.807, 2.05) is 32.0 Å². The number of halogens is 2. The quantitative estimate of drug-likeness (QED) is 0.513. The number of aryl methyl sites for hydroxylation is 1. The van der Waals surface area contributed by atoms with Crippen molar-refractivity contribution < 1.29 is 19.1 Å². The fourth-order valence-electron chi connectivity index (χ4n) is 3.30. The zero-order valence-corrected chi connectivity index (χ0v) is 19.6. The maximum Gasteiger partial charge on any atom is 0.265 e. The second-order valence-corrected chi connectivity index (χ2v) is 8.99. The van der Waals surface area contributed by atoms with Crippen LogP contribution in [0.1, 0.15) is 11.8 Å². The molecule has 0 bridgehead atoms. The summed E-state index contributed by atoms with van der Waals surface area (Å²) in [6, 6.07) is 10.4. The number of nitrogens with one attached hydrogen (secondary N) is 1. The Morgan fingerprint density at radius 3 is 2.84 bits per heavy atom. The highest BCUT2D eigenvalue weighted by Gasteiger charge is 2.25. The van der Waals surface area contributed by atoms with Gasteiger partial charge in [0.1, 0.15) is 11.5 Å². The van der Waals surface area contributed by atoms with Gasteiger partial charge >= 0.3 is 0 Å². The molecule has 32 heavy (non-hydrogen) atoms. The average molecular weight is 492 g/mol. The highest BCUT2D eigenvalue weighted by Crippen LogP contribution is 2.38.